The number of aromatic nitrogens is 4. The highest BCUT2D eigenvalue weighted by Crippen LogP contribution is 2.31. The van der Waals surface area contributed by atoms with Gasteiger partial charge in [-0.15, -0.1) is 0 Å². The van der Waals surface area contributed by atoms with Gasteiger partial charge in [-0.2, -0.15) is 9.97 Å². The second-order valence-corrected chi connectivity index (χ2v) is 9.88. The number of para-hydroxylation sites is 2. The molecule has 10 nitrogen and oxygen atoms in total. The second kappa shape index (κ2) is 10.8. The first kappa shape index (κ1) is 24.9. The maximum Gasteiger partial charge on any atom is 0.296 e. The molecule has 202 valence electrons. The predicted molar refractivity (Wildman–Crippen MR) is 134 cm³/mol. The van der Waals surface area contributed by atoms with Crippen LogP contribution in [0.3, 0.4) is 0 Å². The van der Waals surface area contributed by atoms with Crippen LogP contribution in [-0.4, -0.2) is 77.1 Å². The second-order valence-electron chi connectivity index (χ2n) is 9.88. The van der Waals surface area contributed by atoms with Gasteiger partial charge in [0.2, 0.25) is 17.7 Å². The molecule has 1 aliphatic carbocycles. The number of hydrogen-bond donors (Lipinski definition) is 1. The van der Waals surface area contributed by atoms with Crippen LogP contribution in [0.2, 0.25) is 0 Å². The van der Waals surface area contributed by atoms with Crippen molar-refractivity contribution in [2.45, 2.75) is 44.3 Å². The Balaban J connectivity index is 1.28. The Morgan fingerprint density at radius 1 is 1.05 bits per heavy atom. The van der Waals surface area contributed by atoms with Crippen molar-refractivity contribution in [1.29, 1.82) is 0 Å². The molecule has 1 amide bonds. The molecule has 6 rings (SSSR count). The molecule has 0 spiro atoms. The number of carbonyl (C=O) groups is 1. The first-order valence-corrected chi connectivity index (χ1v) is 13.1. The molecule has 2 aliphatic heterocycles. The lowest BCUT2D eigenvalue weighted by Crippen LogP contribution is -2.38. The molecule has 1 unspecified atom stereocenters. The minimum absolute atomic E-state index is 0.0103. The minimum Gasteiger partial charge on any atom is -0.474 e. The molecule has 4 heterocycles. The van der Waals surface area contributed by atoms with Crippen LogP contribution in [0.25, 0.3) is 16.9 Å². The molecule has 1 saturated carbocycles. The number of anilines is 1. The van der Waals surface area contributed by atoms with Crippen LogP contribution in [0, 0.1) is 5.92 Å². The molecule has 1 aromatic carbocycles. The zero-order valence-corrected chi connectivity index (χ0v) is 20.9. The number of nitrogens with zero attached hydrogens (tertiary/aromatic N) is 5. The number of amides is 1. The average molecular weight is 529 g/mol. The summed E-state index contributed by atoms with van der Waals surface area (Å²) in [7, 11) is 0. The van der Waals surface area contributed by atoms with E-state index < -0.39 is 6.43 Å². The third-order valence-corrected chi connectivity index (χ3v) is 7.30. The fourth-order valence-electron chi connectivity index (χ4n) is 5.32. The molecule has 0 bridgehead atoms. The molecule has 3 aromatic rings. The molecular formula is C26H30F2N6O4. The normalized spacial score (nSPS) is 23.9. The Bertz CT molecular complexity index is 1290. The zero-order valence-electron chi connectivity index (χ0n) is 20.9. The van der Waals surface area contributed by atoms with Crippen LogP contribution in [0.15, 0.2) is 30.3 Å². The maximum absolute atomic E-state index is 14.1. The van der Waals surface area contributed by atoms with Gasteiger partial charge in [-0.3, -0.25) is 9.36 Å². The van der Waals surface area contributed by atoms with Crippen molar-refractivity contribution >= 4 is 22.9 Å². The Morgan fingerprint density at radius 2 is 1.89 bits per heavy atom. The van der Waals surface area contributed by atoms with Crippen molar-refractivity contribution in [3.63, 3.8) is 0 Å². The lowest BCUT2D eigenvalue weighted by Gasteiger charge is -2.27. The van der Waals surface area contributed by atoms with E-state index in [1.165, 1.54) is 4.57 Å². The summed E-state index contributed by atoms with van der Waals surface area (Å²) in [6.45, 7) is 3.30. The first-order chi connectivity index (χ1) is 18.5. The minimum atomic E-state index is -2.79. The lowest BCUT2D eigenvalue weighted by atomic mass is 10.1. The lowest BCUT2D eigenvalue weighted by molar-refractivity contribution is -0.125. The third-order valence-electron chi connectivity index (χ3n) is 7.30. The van der Waals surface area contributed by atoms with Gasteiger partial charge >= 0.3 is 0 Å². The summed E-state index contributed by atoms with van der Waals surface area (Å²) in [5.41, 5.74) is 0.985. The van der Waals surface area contributed by atoms with E-state index in [0.29, 0.717) is 68.8 Å². The van der Waals surface area contributed by atoms with E-state index >= 15 is 0 Å². The number of ether oxygens (including phenoxy) is 3. The summed E-state index contributed by atoms with van der Waals surface area (Å²) >= 11 is 0. The van der Waals surface area contributed by atoms with E-state index in [1.54, 1.807) is 30.3 Å². The maximum atomic E-state index is 14.1. The molecule has 3 fully saturated rings. The van der Waals surface area contributed by atoms with Crippen molar-refractivity contribution < 1.29 is 27.8 Å². The number of imidazole rings is 1. The van der Waals surface area contributed by atoms with Gasteiger partial charge in [-0.05, 0) is 31.4 Å². The van der Waals surface area contributed by atoms with Crippen molar-refractivity contribution in [3.05, 3.63) is 36.2 Å². The number of fused-ring (bicyclic) bond motifs is 1. The highest BCUT2D eigenvalue weighted by Gasteiger charge is 2.32. The number of rotatable bonds is 7. The summed E-state index contributed by atoms with van der Waals surface area (Å²) < 4.78 is 46.6. The Kier molecular flexibility index (Phi) is 7.07. The Hall–Kier alpha value is -3.38. The summed E-state index contributed by atoms with van der Waals surface area (Å²) in [5, 5.41) is 3.12. The number of morpholine rings is 1. The number of alkyl halides is 2. The van der Waals surface area contributed by atoms with Gasteiger partial charge in [-0.25, -0.2) is 13.8 Å². The van der Waals surface area contributed by atoms with E-state index in [4.69, 9.17) is 14.2 Å². The Labute approximate surface area is 218 Å². The smallest absolute Gasteiger partial charge is 0.296 e. The molecular weight excluding hydrogens is 498 g/mol. The van der Waals surface area contributed by atoms with E-state index in [2.05, 4.69) is 20.3 Å². The van der Waals surface area contributed by atoms with Crippen LogP contribution in [0.5, 0.6) is 5.88 Å². The molecule has 3 atom stereocenters. The van der Waals surface area contributed by atoms with Gasteiger partial charge in [0.25, 0.3) is 6.43 Å². The van der Waals surface area contributed by atoms with Gasteiger partial charge in [0.15, 0.2) is 5.82 Å². The van der Waals surface area contributed by atoms with E-state index in [1.807, 2.05) is 4.90 Å². The van der Waals surface area contributed by atoms with Crippen molar-refractivity contribution in [1.82, 2.24) is 24.8 Å². The SMILES string of the molecule is O=C(N[C@H]1CC[C@H](Oc2cc(-n3c(C(F)F)nc4ccccc43)nc(N3CCOCC3)n2)C1)C1CCOC1. The number of halogens is 2. The van der Waals surface area contributed by atoms with Gasteiger partial charge < -0.3 is 24.4 Å². The van der Waals surface area contributed by atoms with Gasteiger partial charge in [-0.1, -0.05) is 12.1 Å². The molecule has 3 aliphatic rings. The zero-order chi connectivity index (χ0) is 26.1. The van der Waals surface area contributed by atoms with E-state index in [9.17, 15) is 13.6 Å². The van der Waals surface area contributed by atoms with Crippen molar-refractivity contribution in [3.8, 4) is 11.7 Å². The highest BCUT2D eigenvalue weighted by atomic mass is 19.3. The van der Waals surface area contributed by atoms with Gasteiger partial charge in [0.05, 0.1) is 36.8 Å². The Morgan fingerprint density at radius 3 is 2.68 bits per heavy atom. The van der Waals surface area contributed by atoms with E-state index in [0.717, 1.165) is 19.3 Å². The molecule has 2 aromatic heterocycles. The summed E-state index contributed by atoms with van der Waals surface area (Å²) in [6.07, 6.45) is -0.0422. The first-order valence-electron chi connectivity index (χ1n) is 13.1. The molecule has 1 N–H and O–H groups in total. The topological polar surface area (TPSA) is 104 Å². The number of benzene rings is 1. The average Bonchev–Trinajstić information content (AvgIpc) is 3.69. The molecule has 2 saturated heterocycles. The quantitative estimate of drug-likeness (QED) is 0.499. The standard InChI is InChI=1S/C26H30F2N6O4/c27-23(28)24-30-19-3-1-2-4-20(19)34(24)21-14-22(32-26(31-21)33-8-11-36-12-9-33)38-18-6-5-17(13-18)29-25(35)16-7-10-37-15-16/h1-4,14,16-18,23H,5-13,15H2,(H,29,35)/t16?,17-,18-/m0/s1. The van der Waals surface area contributed by atoms with Crippen LogP contribution in [-0.2, 0) is 14.3 Å². The van der Waals surface area contributed by atoms with Gasteiger partial charge in [0, 0.05) is 38.2 Å². The fourth-order valence-corrected chi connectivity index (χ4v) is 5.32. The van der Waals surface area contributed by atoms with Crippen LogP contribution >= 0.6 is 0 Å². The third kappa shape index (κ3) is 5.14. The van der Waals surface area contributed by atoms with Crippen LogP contribution < -0.4 is 15.0 Å². The predicted octanol–water partition coefficient (Wildman–Crippen LogP) is 3.04. The number of nitrogens with one attached hydrogen (secondary N) is 1. The summed E-state index contributed by atoms with van der Waals surface area (Å²) in [6, 6.07) is 8.58. The largest absolute Gasteiger partial charge is 0.474 e. The van der Waals surface area contributed by atoms with Gasteiger partial charge in [0.1, 0.15) is 11.9 Å². The number of hydrogen-bond acceptors (Lipinski definition) is 8. The molecule has 38 heavy (non-hydrogen) atoms. The van der Waals surface area contributed by atoms with Crippen molar-refractivity contribution in [2.75, 3.05) is 44.4 Å². The number of carbonyl (C=O) groups excluding carboxylic acids is 1. The van der Waals surface area contributed by atoms with Crippen LogP contribution in [0.1, 0.15) is 37.9 Å². The molecule has 12 heteroatoms. The fraction of sp³-hybridized carbons (Fsp3) is 0.538. The van der Waals surface area contributed by atoms with Crippen molar-refractivity contribution in [2.24, 2.45) is 5.92 Å². The monoisotopic (exact) mass is 528 g/mol. The molecule has 0 radical (unpaired) electrons. The van der Waals surface area contributed by atoms with Crippen LogP contribution in [0.4, 0.5) is 14.7 Å². The summed E-state index contributed by atoms with van der Waals surface area (Å²) in [5.74, 6) is 0.509. The van der Waals surface area contributed by atoms with E-state index in [-0.39, 0.29) is 35.6 Å². The highest BCUT2D eigenvalue weighted by molar-refractivity contribution is 5.79. The summed E-state index contributed by atoms with van der Waals surface area (Å²) in [4.78, 5) is 28.0.